The topological polar surface area (TPSA) is 12.0 Å². The lowest BCUT2D eigenvalue weighted by atomic mass is 9.97. The van der Waals surface area contributed by atoms with Crippen molar-refractivity contribution in [3.05, 3.63) is 28.2 Å². The highest BCUT2D eigenvalue weighted by Crippen LogP contribution is 2.23. The lowest BCUT2D eigenvalue weighted by molar-refractivity contribution is 0.480. The molecule has 1 fully saturated rings. The van der Waals surface area contributed by atoms with Crippen LogP contribution in [0.25, 0.3) is 0 Å². The molecular formula is C19H30BrN. The Hall–Kier alpha value is -0.500. The summed E-state index contributed by atoms with van der Waals surface area (Å²) in [5, 5.41) is 3.78. The molecule has 0 aromatic heterocycles. The van der Waals surface area contributed by atoms with Crippen LogP contribution in [0.3, 0.4) is 0 Å². The zero-order valence-corrected chi connectivity index (χ0v) is 15.1. The molecule has 1 aliphatic carbocycles. The average molecular weight is 352 g/mol. The first-order valence-electron chi connectivity index (χ1n) is 8.78. The summed E-state index contributed by atoms with van der Waals surface area (Å²) in [6, 6.07) is 7.30. The lowest BCUT2D eigenvalue weighted by Crippen LogP contribution is -2.19. The van der Waals surface area contributed by atoms with E-state index in [1.807, 2.05) is 0 Å². The number of nitrogens with one attached hydrogen (secondary N) is 1. The molecule has 1 aliphatic rings. The number of rotatable bonds is 2. The van der Waals surface area contributed by atoms with Crippen molar-refractivity contribution in [3.63, 3.8) is 0 Å². The zero-order valence-electron chi connectivity index (χ0n) is 13.5. The fourth-order valence-electron chi connectivity index (χ4n) is 3.36. The molecular weight excluding hydrogens is 322 g/mol. The van der Waals surface area contributed by atoms with Crippen molar-refractivity contribution in [1.29, 1.82) is 0 Å². The summed E-state index contributed by atoms with van der Waals surface area (Å²) in [7, 11) is 0. The summed E-state index contributed by atoms with van der Waals surface area (Å²) >= 11 is 3.61. The molecule has 0 spiro atoms. The van der Waals surface area contributed by atoms with Gasteiger partial charge in [-0.3, -0.25) is 0 Å². The molecule has 0 atom stereocenters. The van der Waals surface area contributed by atoms with Crippen LogP contribution in [-0.2, 0) is 0 Å². The second-order valence-electron chi connectivity index (χ2n) is 6.62. The second-order valence-corrected chi connectivity index (χ2v) is 7.53. The van der Waals surface area contributed by atoms with E-state index in [9.17, 15) is 0 Å². The van der Waals surface area contributed by atoms with Crippen molar-refractivity contribution in [1.82, 2.24) is 0 Å². The molecule has 2 heteroatoms. The van der Waals surface area contributed by atoms with E-state index >= 15 is 0 Å². The smallest absolute Gasteiger partial charge is 0.0356 e. The Morgan fingerprint density at radius 2 is 1.33 bits per heavy atom. The van der Waals surface area contributed by atoms with E-state index in [1.54, 1.807) is 0 Å². The Kier molecular flexibility index (Phi) is 7.63. The maximum absolute atomic E-state index is 3.78. The third kappa shape index (κ3) is 6.86. The summed E-state index contributed by atoms with van der Waals surface area (Å²) in [4.78, 5) is 0. The van der Waals surface area contributed by atoms with Gasteiger partial charge < -0.3 is 5.32 Å². The minimum Gasteiger partial charge on any atom is -0.382 e. The molecule has 2 rings (SSSR count). The molecule has 0 aliphatic heterocycles. The van der Waals surface area contributed by atoms with Crippen molar-refractivity contribution in [2.24, 2.45) is 0 Å². The number of benzene rings is 1. The minimum atomic E-state index is 0.651. The van der Waals surface area contributed by atoms with Crippen molar-refractivity contribution in [3.8, 4) is 0 Å². The van der Waals surface area contributed by atoms with Crippen LogP contribution in [0.15, 0.2) is 22.7 Å². The van der Waals surface area contributed by atoms with E-state index in [-0.39, 0.29) is 0 Å². The molecule has 21 heavy (non-hydrogen) atoms. The van der Waals surface area contributed by atoms with Crippen molar-refractivity contribution < 1.29 is 0 Å². The van der Waals surface area contributed by atoms with E-state index < -0.39 is 0 Å². The van der Waals surface area contributed by atoms with Gasteiger partial charge in [0, 0.05) is 16.2 Å². The highest BCUT2D eigenvalue weighted by atomic mass is 79.9. The Labute approximate surface area is 139 Å². The van der Waals surface area contributed by atoms with Crippen LogP contribution >= 0.6 is 15.9 Å². The normalized spacial score (nSPS) is 19.5. The fraction of sp³-hybridized carbons (Fsp3) is 0.684. The largest absolute Gasteiger partial charge is 0.382 e. The van der Waals surface area contributed by atoms with Gasteiger partial charge in [-0.15, -0.1) is 0 Å². The first kappa shape index (κ1) is 16.9. The quantitative estimate of drug-likeness (QED) is 0.614. The van der Waals surface area contributed by atoms with Gasteiger partial charge in [0.15, 0.2) is 0 Å². The van der Waals surface area contributed by atoms with Crippen molar-refractivity contribution in [2.75, 3.05) is 5.32 Å². The second kappa shape index (κ2) is 9.50. The maximum atomic E-state index is 3.78. The predicted molar refractivity (Wildman–Crippen MR) is 97.1 cm³/mol. The number of aryl methyl sites for hydroxylation is 1. The van der Waals surface area contributed by atoms with E-state index in [4.69, 9.17) is 0 Å². The summed E-state index contributed by atoms with van der Waals surface area (Å²) in [6.07, 6.45) is 15.5. The first-order chi connectivity index (χ1) is 10.2. The molecule has 0 unspecified atom stereocenters. The molecule has 0 radical (unpaired) electrons. The van der Waals surface area contributed by atoms with Crippen LogP contribution in [0.4, 0.5) is 5.69 Å². The summed E-state index contributed by atoms with van der Waals surface area (Å²) in [5.74, 6) is 0. The number of anilines is 1. The molecule has 0 saturated heterocycles. The van der Waals surface area contributed by atoms with Crippen molar-refractivity contribution in [2.45, 2.75) is 83.6 Å². The predicted octanol–water partition coefficient (Wildman–Crippen LogP) is 6.84. The Bertz CT molecular complexity index is 384. The van der Waals surface area contributed by atoms with E-state index in [1.165, 1.54) is 86.4 Å². The van der Waals surface area contributed by atoms with Crippen LogP contribution in [0, 0.1) is 6.92 Å². The molecule has 1 nitrogen and oxygen atoms in total. The summed E-state index contributed by atoms with van der Waals surface area (Å²) < 4.78 is 1.18. The molecule has 0 heterocycles. The van der Waals surface area contributed by atoms with Gasteiger partial charge in [-0.1, -0.05) is 73.7 Å². The maximum Gasteiger partial charge on any atom is 0.0356 e. The summed E-state index contributed by atoms with van der Waals surface area (Å²) in [6.45, 7) is 2.16. The van der Waals surface area contributed by atoms with Crippen LogP contribution in [0.1, 0.15) is 76.2 Å². The van der Waals surface area contributed by atoms with Crippen LogP contribution < -0.4 is 5.32 Å². The van der Waals surface area contributed by atoms with E-state index in [2.05, 4.69) is 46.4 Å². The van der Waals surface area contributed by atoms with Crippen LogP contribution in [0.2, 0.25) is 0 Å². The Balaban J connectivity index is 1.90. The third-order valence-electron chi connectivity index (χ3n) is 4.52. The Morgan fingerprint density at radius 3 is 1.86 bits per heavy atom. The molecule has 1 aromatic carbocycles. The number of hydrogen-bond donors (Lipinski definition) is 1. The SMILES string of the molecule is Cc1cc(Br)cc(NC2CCCCCCCCCCC2)c1. The number of halogens is 1. The Morgan fingerprint density at radius 1 is 0.810 bits per heavy atom. The molecule has 0 amide bonds. The molecule has 1 saturated carbocycles. The zero-order chi connectivity index (χ0) is 14.9. The number of hydrogen-bond acceptors (Lipinski definition) is 1. The average Bonchev–Trinajstić information content (AvgIpc) is 2.40. The van der Waals surface area contributed by atoms with Gasteiger partial charge in [0.1, 0.15) is 0 Å². The fourth-order valence-corrected chi connectivity index (χ4v) is 3.97. The van der Waals surface area contributed by atoms with Gasteiger partial charge in [0.2, 0.25) is 0 Å². The summed E-state index contributed by atoms with van der Waals surface area (Å²) in [5.41, 5.74) is 2.60. The highest BCUT2D eigenvalue weighted by molar-refractivity contribution is 9.10. The van der Waals surface area contributed by atoms with Crippen LogP contribution in [0.5, 0.6) is 0 Å². The highest BCUT2D eigenvalue weighted by Gasteiger charge is 2.10. The van der Waals surface area contributed by atoms with Gasteiger partial charge in [-0.05, 0) is 43.5 Å². The van der Waals surface area contributed by atoms with E-state index in [0.717, 1.165) is 0 Å². The van der Waals surface area contributed by atoms with Crippen LogP contribution in [-0.4, -0.2) is 6.04 Å². The van der Waals surface area contributed by atoms with Gasteiger partial charge in [-0.25, -0.2) is 0 Å². The van der Waals surface area contributed by atoms with Gasteiger partial charge in [-0.2, -0.15) is 0 Å². The molecule has 118 valence electrons. The van der Waals surface area contributed by atoms with E-state index in [0.29, 0.717) is 6.04 Å². The minimum absolute atomic E-state index is 0.651. The first-order valence-corrected chi connectivity index (χ1v) is 9.57. The van der Waals surface area contributed by atoms with Crippen molar-refractivity contribution >= 4 is 21.6 Å². The molecule has 1 N–H and O–H groups in total. The molecule has 1 aromatic rings. The lowest BCUT2D eigenvalue weighted by Gasteiger charge is -2.21. The molecule has 0 bridgehead atoms. The third-order valence-corrected chi connectivity index (χ3v) is 4.98. The van der Waals surface area contributed by atoms with Gasteiger partial charge >= 0.3 is 0 Å². The van der Waals surface area contributed by atoms with Gasteiger partial charge in [0.05, 0.1) is 0 Å². The monoisotopic (exact) mass is 351 g/mol. The van der Waals surface area contributed by atoms with Gasteiger partial charge in [0.25, 0.3) is 0 Å². The standard InChI is InChI=1S/C19H30BrN/c1-16-13-17(20)15-19(14-16)21-18-11-9-7-5-3-2-4-6-8-10-12-18/h13-15,18,21H,2-12H2,1H3.